The van der Waals surface area contributed by atoms with Gasteiger partial charge in [0.25, 0.3) is 0 Å². The van der Waals surface area contributed by atoms with Crippen LogP contribution in [0.15, 0.2) is 0 Å². The standard InChI is InChI=1S/C14H28N2O3/c1-19-11-13(17)8-9-15-10-14(18)16-12-6-4-2-3-5-7-12/h12-13,15,17H,2-11H2,1H3,(H,16,18). The molecule has 112 valence electrons. The molecule has 0 aliphatic heterocycles. The van der Waals surface area contributed by atoms with Crippen molar-refractivity contribution in [1.82, 2.24) is 10.6 Å². The van der Waals surface area contributed by atoms with E-state index in [0.717, 1.165) is 12.8 Å². The number of ether oxygens (including phenoxy) is 1. The van der Waals surface area contributed by atoms with Gasteiger partial charge in [-0.2, -0.15) is 0 Å². The molecule has 5 nitrogen and oxygen atoms in total. The Balaban J connectivity index is 2.03. The highest BCUT2D eigenvalue weighted by Crippen LogP contribution is 2.16. The Morgan fingerprint density at radius 1 is 1.32 bits per heavy atom. The first-order valence-electron chi connectivity index (χ1n) is 7.39. The minimum Gasteiger partial charge on any atom is -0.391 e. The number of nitrogens with one attached hydrogen (secondary N) is 2. The summed E-state index contributed by atoms with van der Waals surface area (Å²) in [4.78, 5) is 11.7. The second-order valence-corrected chi connectivity index (χ2v) is 5.33. The van der Waals surface area contributed by atoms with Crippen LogP contribution in [0.25, 0.3) is 0 Å². The molecular weight excluding hydrogens is 244 g/mol. The van der Waals surface area contributed by atoms with Crippen LogP contribution in [-0.2, 0) is 9.53 Å². The van der Waals surface area contributed by atoms with Gasteiger partial charge in [-0.3, -0.25) is 4.79 Å². The summed E-state index contributed by atoms with van der Waals surface area (Å²) in [6.45, 7) is 1.30. The molecule has 0 spiro atoms. The normalized spacial score (nSPS) is 18.8. The van der Waals surface area contributed by atoms with Gasteiger partial charge in [-0.1, -0.05) is 25.7 Å². The maximum Gasteiger partial charge on any atom is 0.234 e. The van der Waals surface area contributed by atoms with E-state index >= 15 is 0 Å². The molecule has 1 saturated carbocycles. The van der Waals surface area contributed by atoms with E-state index in [-0.39, 0.29) is 5.91 Å². The smallest absolute Gasteiger partial charge is 0.234 e. The molecule has 0 bridgehead atoms. The average Bonchev–Trinajstić information content (AvgIpc) is 2.64. The third-order valence-electron chi connectivity index (χ3n) is 3.52. The summed E-state index contributed by atoms with van der Waals surface area (Å²) >= 11 is 0. The largest absolute Gasteiger partial charge is 0.391 e. The summed E-state index contributed by atoms with van der Waals surface area (Å²) in [5.74, 6) is 0.0631. The summed E-state index contributed by atoms with van der Waals surface area (Å²) < 4.78 is 4.84. The van der Waals surface area contributed by atoms with Crippen molar-refractivity contribution in [3.05, 3.63) is 0 Å². The van der Waals surface area contributed by atoms with E-state index in [1.165, 1.54) is 25.7 Å². The number of carbonyl (C=O) groups excluding carboxylic acids is 1. The Bertz CT molecular complexity index is 241. The Labute approximate surface area is 116 Å². The molecule has 1 aliphatic rings. The monoisotopic (exact) mass is 272 g/mol. The average molecular weight is 272 g/mol. The first-order chi connectivity index (χ1) is 9.22. The first-order valence-corrected chi connectivity index (χ1v) is 7.39. The third-order valence-corrected chi connectivity index (χ3v) is 3.52. The molecule has 0 aromatic carbocycles. The quantitative estimate of drug-likeness (QED) is 0.452. The molecular formula is C14H28N2O3. The maximum absolute atomic E-state index is 11.7. The second kappa shape index (κ2) is 10.2. The molecule has 5 heteroatoms. The summed E-state index contributed by atoms with van der Waals surface area (Å²) in [5, 5.41) is 15.6. The lowest BCUT2D eigenvalue weighted by atomic mass is 10.1. The second-order valence-electron chi connectivity index (χ2n) is 5.33. The van der Waals surface area contributed by atoms with Crippen LogP contribution in [0.3, 0.4) is 0 Å². The van der Waals surface area contributed by atoms with Crippen LogP contribution < -0.4 is 10.6 Å². The SMILES string of the molecule is COCC(O)CCNCC(=O)NC1CCCCCC1. The van der Waals surface area contributed by atoms with Crippen molar-refractivity contribution in [3.63, 3.8) is 0 Å². The van der Waals surface area contributed by atoms with Crippen molar-refractivity contribution in [2.24, 2.45) is 0 Å². The Morgan fingerprint density at radius 3 is 2.63 bits per heavy atom. The van der Waals surface area contributed by atoms with E-state index in [0.29, 0.717) is 32.2 Å². The molecule has 3 N–H and O–H groups in total. The van der Waals surface area contributed by atoms with Gasteiger partial charge in [0.05, 0.1) is 19.3 Å². The van der Waals surface area contributed by atoms with E-state index < -0.39 is 6.10 Å². The molecule has 0 radical (unpaired) electrons. The van der Waals surface area contributed by atoms with Gasteiger partial charge in [0.2, 0.25) is 5.91 Å². The van der Waals surface area contributed by atoms with Gasteiger partial charge in [-0.05, 0) is 25.8 Å². The summed E-state index contributed by atoms with van der Waals surface area (Å²) in [6, 6.07) is 0.357. The molecule has 1 atom stereocenters. The zero-order valence-corrected chi connectivity index (χ0v) is 12.0. The number of aliphatic hydroxyl groups is 1. The van der Waals surface area contributed by atoms with Crippen LogP contribution >= 0.6 is 0 Å². The Kier molecular flexibility index (Phi) is 8.79. The fourth-order valence-corrected chi connectivity index (χ4v) is 2.45. The van der Waals surface area contributed by atoms with E-state index in [9.17, 15) is 9.90 Å². The predicted molar refractivity (Wildman–Crippen MR) is 75.0 cm³/mol. The van der Waals surface area contributed by atoms with Crippen molar-refractivity contribution >= 4 is 5.91 Å². The molecule has 1 aliphatic carbocycles. The van der Waals surface area contributed by atoms with Crippen molar-refractivity contribution in [2.75, 3.05) is 26.8 Å². The Hall–Kier alpha value is -0.650. The minimum atomic E-state index is -0.456. The van der Waals surface area contributed by atoms with Gasteiger partial charge >= 0.3 is 0 Å². The zero-order valence-electron chi connectivity index (χ0n) is 12.0. The van der Waals surface area contributed by atoms with E-state index in [1.807, 2.05) is 0 Å². The van der Waals surface area contributed by atoms with Gasteiger partial charge in [-0.15, -0.1) is 0 Å². The molecule has 0 aromatic heterocycles. The van der Waals surface area contributed by atoms with Crippen LogP contribution in [0.4, 0.5) is 0 Å². The topological polar surface area (TPSA) is 70.6 Å². The molecule has 1 unspecified atom stereocenters. The number of amides is 1. The van der Waals surface area contributed by atoms with Crippen LogP contribution in [0.1, 0.15) is 44.9 Å². The molecule has 0 saturated heterocycles. The van der Waals surface area contributed by atoms with Crippen LogP contribution in [0, 0.1) is 0 Å². The van der Waals surface area contributed by atoms with Gasteiger partial charge in [0.15, 0.2) is 0 Å². The van der Waals surface area contributed by atoms with Crippen molar-refractivity contribution in [3.8, 4) is 0 Å². The molecule has 1 fully saturated rings. The highest BCUT2D eigenvalue weighted by Gasteiger charge is 2.14. The van der Waals surface area contributed by atoms with Gasteiger partial charge in [0, 0.05) is 13.2 Å². The van der Waals surface area contributed by atoms with Gasteiger partial charge in [-0.25, -0.2) is 0 Å². The number of hydrogen-bond acceptors (Lipinski definition) is 4. The fourth-order valence-electron chi connectivity index (χ4n) is 2.45. The maximum atomic E-state index is 11.7. The minimum absolute atomic E-state index is 0.0631. The number of rotatable bonds is 8. The third kappa shape index (κ3) is 8.18. The lowest BCUT2D eigenvalue weighted by Crippen LogP contribution is -2.40. The summed E-state index contributed by atoms with van der Waals surface area (Å²) in [5.41, 5.74) is 0. The van der Waals surface area contributed by atoms with Crippen LogP contribution in [-0.4, -0.2) is 50.0 Å². The highest BCUT2D eigenvalue weighted by molar-refractivity contribution is 5.78. The number of aliphatic hydroxyl groups excluding tert-OH is 1. The molecule has 0 aromatic rings. The zero-order chi connectivity index (χ0) is 13.9. The van der Waals surface area contributed by atoms with Gasteiger partial charge < -0.3 is 20.5 Å². The first kappa shape index (κ1) is 16.4. The summed E-state index contributed by atoms with van der Waals surface area (Å²) in [6.07, 6.45) is 7.40. The Morgan fingerprint density at radius 2 is 2.00 bits per heavy atom. The molecule has 19 heavy (non-hydrogen) atoms. The molecule has 0 heterocycles. The lowest BCUT2D eigenvalue weighted by molar-refractivity contribution is -0.121. The van der Waals surface area contributed by atoms with Crippen molar-refractivity contribution in [2.45, 2.75) is 57.1 Å². The van der Waals surface area contributed by atoms with E-state index in [2.05, 4.69) is 10.6 Å². The predicted octanol–water partition coefficient (Wildman–Crippen LogP) is 0.812. The van der Waals surface area contributed by atoms with Crippen LogP contribution in [0.2, 0.25) is 0 Å². The van der Waals surface area contributed by atoms with E-state index in [4.69, 9.17) is 4.74 Å². The lowest BCUT2D eigenvalue weighted by Gasteiger charge is -2.16. The number of methoxy groups -OCH3 is 1. The van der Waals surface area contributed by atoms with Crippen molar-refractivity contribution in [1.29, 1.82) is 0 Å². The highest BCUT2D eigenvalue weighted by atomic mass is 16.5. The summed E-state index contributed by atoms with van der Waals surface area (Å²) in [7, 11) is 1.57. The van der Waals surface area contributed by atoms with Crippen molar-refractivity contribution < 1.29 is 14.6 Å². The van der Waals surface area contributed by atoms with Crippen LogP contribution in [0.5, 0.6) is 0 Å². The van der Waals surface area contributed by atoms with E-state index in [1.54, 1.807) is 7.11 Å². The number of carbonyl (C=O) groups is 1. The molecule has 1 amide bonds. The van der Waals surface area contributed by atoms with Gasteiger partial charge in [0.1, 0.15) is 0 Å². The number of hydrogen-bond donors (Lipinski definition) is 3. The molecule has 1 rings (SSSR count). The fraction of sp³-hybridized carbons (Fsp3) is 0.929.